The minimum atomic E-state index is -3.77. The smallest absolute Gasteiger partial charge is 0.232 e. The predicted octanol–water partition coefficient (Wildman–Crippen LogP) is 2.79. The Morgan fingerprint density at radius 3 is 2.81 bits per heavy atom. The second-order valence-electron chi connectivity index (χ2n) is 7.18. The summed E-state index contributed by atoms with van der Waals surface area (Å²) in [4.78, 5) is 16.7. The molecule has 13 heteroatoms. The number of nitrogens with one attached hydrogen (secondary N) is 3. The maximum Gasteiger partial charge on any atom is 0.232 e. The number of rotatable bonds is 8. The summed E-state index contributed by atoms with van der Waals surface area (Å²) < 4.78 is 61.0. The molecule has 0 bridgehead atoms. The monoisotopic (exact) mass is 465 g/mol. The topological polar surface area (TPSA) is 131 Å². The first-order chi connectivity index (χ1) is 15.4. The number of sulfonamides is 1. The number of fused-ring (bicyclic) bond motifs is 1. The summed E-state index contributed by atoms with van der Waals surface area (Å²) in [6, 6.07) is 2.03. The fourth-order valence-corrected chi connectivity index (χ4v) is 4.33. The SMILES string of the molecule is CCCS(=O)(=O)Nc1ccc(F)c(Nc2ncnc3cnc(N[C@H]4CCOC4)nc23)c1F. The fourth-order valence-electron chi connectivity index (χ4n) is 3.20. The number of halogens is 2. The van der Waals surface area contributed by atoms with Gasteiger partial charge in [0.15, 0.2) is 11.6 Å². The number of benzene rings is 1. The van der Waals surface area contributed by atoms with E-state index in [4.69, 9.17) is 4.74 Å². The minimum absolute atomic E-state index is 0.0366. The van der Waals surface area contributed by atoms with E-state index in [1.807, 2.05) is 0 Å². The molecule has 1 saturated heterocycles. The molecule has 1 aliphatic rings. The van der Waals surface area contributed by atoms with Crippen molar-refractivity contribution in [2.24, 2.45) is 0 Å². The molecule has 1 fully saturated rings. The second kappa shape index (κ2) is 9.12. The normalized spacial score (nSPS) is 16.3. The molecule has 3 N–H and O–H groups in total. The van der Waals surface area contributed by atoms with Crippen LogP contribution >= 0.6 is 0 Å². The summed E-state index contributed by atoms with van der Waals surface area (Å²) in [7, 11) is -3.77. The highest BCUT2D eigenvalue weighted by atomic mass is 32.2. The number of anilines is 4. The van der Waals surface area contributed by atoms with Crippen LogP contribution in [0.15, 0.2) is 24.7 Å². The molecular formula is C19H21F2N7O3S. The van der Waals surface area contributed by atoms with Crippen LogP contribution in [-0.2, 0) is 14.8 Å². The molecule has 0 amide bonds. The van der Waals surface area contributed by atoms with Crippen molar-refractivity contribution in [3.8, 4) is 0 Å². The van der Waals surface area contributed by atoms with Gasteiger partial charge in [-0.05, 0) is 25.0 Å². The fraction of sp³-hybridized carbons (Fsp3) is 0.368. The van der Waals surface area contributed by atoms with E-state index >= 15 is 4.39 Å². The first-order valence-corrected chi connectivity index (χ1v) is 11.6. The van der Waals surface area contributed by atoms with Gasteiger partial charge >= 0.3 is 0 Å². The van der Waals surface area contributed by atoms with Crippen molar-refractivity contribution in [1.82, 2.24) is 19.9 Å². The van der Waals surface area contributed by atoms with Crippen molar-refractivity contribution in [3.63, 3.8) is 0 Å². The molecule has 0 aliphatic carbocycles. The number of ether oxygens (including phenoxy) is 1. The Morgan fingerprint density at radius 1 is 1.22 bits per heavy atom. The predicted molar refractivity (Wildman–Crippen MR) is 115 cm³/mol. The van der Waals surface area contributed by atoms with Crippen molar-refractivity contribution in [1.29, 1.82) is 0 Å². The lowest BCUT2D eigenvalue weighted by molar-refractivity contribution is 0.195. The van der Waals surface area contributed by atoms with Crippen LogP contribution in [0.4, 0.5) is 31.9 Å². The molecule has 0 saturated carbocycles. The lowest BCUT2D eigenvalue weighted by Gasteiger charge is -2.14. The van der Waals surface area contributed by atoms with Gasteiger partial charge in [-0.15, -0.1) is 0 Å². The second-order valence-corrected chi connectivity index (χ2v) is 9.03. The molecule has 2 aromatic heterocycles. The Labute approximate surface area is 182 Å². The first-order valence-electron chi connectivity index (χ1n) is 9.94. The third-order valence-corrected chi connectivity index (χ3v) is 6.19. The molecule has 3 heterocycles. The molecule has 3 aromatic rings. The summed E-state index contributed by atoms with van der Waals surface area (Å²) in [6.07, 6.45) is 3.82. The number of aromatic nitrogens is 4. The highest BCUT2D eigenvalue weighted by molar-refractivity contribution is 7.92. The van der Waals surface area contributed by atoms with E-state index < -0.39 is 27.3 Å². The third-order valence-electron chi connectivity index (χ3n) is 4.71. The standard InChI is InChI=1S/C19H21F2N7O3S/c1-2-7-32(29,30)28-13-4-3-12(20)16(15(13)21)26-18-17-14(23-10-24-18)8-22-19(27-17)25-11-5-6-31-9-11/h3-4,8,10-11,28H,2,5-7,9H2,1H3,(H,22,25,27)(H,23,24,26)/t11-/m0/s1. The molecule has 0 spiro atoms. The summed E-state index contributed by atoms with van der Waals surface area (Å²) in [6.45, 7) is 2.84. The van der Waals surface area contributed by atoms with Gasteiger partial charge in [0, 0.05) is 6.61 Å². The van der Waals surface area contributed by atoms with E-state index in [1.54, 1.807) is 6.92 Å². The van der Waals surface area contributed by atoms with Crippen LogP contribution in [0.3, 0.4) is 0 Å². The number of nitrogens with zero attached hydrogens (tertiary/aromatic N) is 4. The lowest BCUT2D eigenvalue weighted by Crippen LogP contribution is -2.20. The van der Waals surface area contributed by atoms with E-state index in [2.05, 4.69) is 35.3 Å². The molecule has 1 atom stereocenters. The molecular weight excluding hydrogens is 444 g/mol. The lowest BCUT2D eigenvalue weighted by atomic mass is 10.2. The van der Waals surface area contributed by atoms with Crippen molar-refractivity contribution >= 4 is 44.2 Å². The average Bonchev–Trinajstić information content (AvgIpc) is 3.26. The quantitative estimate of drug-likeness (QED) is 0.459. The minimum Gasteiger partial charge on any atom is -0.379 e. The largest absolute Gasteiger partial charge is 0.379 e. The van der Waals surface area contributed by atoms with Gasteiger partial charge in [0.25, 0.3) is 0 Å². The van der Waals surface area contributed by atoms with Crippen LogP contribution in [0.25, 0.3) is 11.0 Å². The van der Waals surface area contributed by atoms with Gasteiger partial charge in [-0.3, -0.25) is 4.72 Å². The van der Waals surface area contributed by atoms with Gasteiger partial charge < -0.3 is 15.4 Å². The Balaban J connectivity index is 1.67. The van der Waals surface area contributed by atoms with Crippen LogP contribution in [0.5, 0.6) is 0 Å². The van der Waals surface area contributed by atoms with Gasteiger partial charge in [0.1, 0.15) is 28.9 Å². The van der Waals surface area contributed by atoms with Crippen LogP contribution in [-0.4, -0.2) is 53.4 Å². The summed E-state index contributed by atoms with van der Waals surface area (Å²) in [5.41, 5.74) is -0.353. The maximum absolute atomic E-state index is 15.0. The van der Waals surface area contributed by atoms with Crippen LogP contribution in [0.1, 0.15) is 19.8 Å². The Morgan fingerprint density at radius 2 is 2.06 bits per heavy atom. The van der Waals surface area contributed by atoms with Crippen LogP contribution < -0.4 is 15.4 Å². The number of hydrogen-bond acceptors (Lipinski definition) is 9. The van der Waals surface area contributed by atoms with E-state index in [-0.39, 0.29) is 28.8 Å². The number of hydrogen-bond donors (Lipinski definition) is 3. The zero-order chi connectivity index (χ0) is 22.7. The van der Waals surface area contributed by atoms with E-state index in [0.717, 1.165) is 18.6 Å². The third kappa shape index (κ3) is 4.83. The molecule has 0 radical (unpaired) electrons. The van der Waals surface area contributed by atoms with Crippen molar-refractivity contribution in [3.05, 3.63) is 36.3 Å². The molecule has 4 rings (SSSR count). The summed E-state index contributed by atoms with van der Waals surface area (Å²) in [5, 5.41) is 5.72. The summed E-state index contributed by atoms with van der Waals surface area (Å²) in [5.74, 6) is -1.89. The van der Waals surface area contributed by atoms with Gasteiger partial charge in [-0.1, -0.05) is 6.92 Å². The van der Waals surface area contributed by atoms with Crippen LogP contribution in [0, 0.1) is 11.6 Å². The zero-order valence-corrected chi connectivity index (χ0v) is 17.9. The van der Waals surface area contributed by atoms with Gasteiger partial charge in [-0.2, -0.15) is 0 Å². The van der Waals surface area contributed by atoms with Crippen molar-refractivity contribution in [2.75, 3.05) is 34.3 Å². The van der Waals surface area contributed by atoms with E-state index in [1.165, 1.54) is 12.5 Å². The first kappa shape index (κ1) is 22.0. The molecule has 0 unspecified atom stereocenters. The van der Waals surface area contributed by atoms with Crippen LogP contribution in [0.2, 0.25) is 0 Å². The van der Waals surface area contributed by atoms with Crippen molar-refractivity contribution in [2.45, 2.75) is 25.8 Å². The molecule has 1 aliphatic heterocycles. The van der Waals surface area contributed by atoms with Gasteiger partial charge in [-0.25, -0.2) is 37.1 Å². The van der Waals surface area contributed by atoms with Gasteiger partial charge in [0.2, 0.25) is 16.0 Å². The average molecular weight is 465 g/mol. The molecule has 10 nitrogen and oxygen atoms in total. The molecule has 170 valence electrons. The van der Waals surface area contributed by atoms with E-state index in [0.29, 0.717) is 31.1 Å². The zero-order valence-electron chi connectivity index (χ0n) is 17.1. The Bertz CT molecular complexity index is 1240. The maximum atomic E-state index is 15.0. The van der Waals surface area contributed by atoms with Crippen molar-refractivity contribution < 1.29 is 21.9 Å². The van der Waals surface area contributed by atoms with E-state index in [9.17, 15) is 12.8 Å². The highest BCUT2D eigenvalue weighted by Gasteiger charge is 2.21. The highest BCUT2D eigenvalue weighted by Crippen LogP contribution is 2.30. The Hall–Kier alpha value is -3.19. The molecule has 1 aromatic carbocycles. The summed E-state index contributed by atoms with van der Waals surface area (Å²) >= 11 is 0. The molecule has 32 heavy (non-hydrogen) atoms. The Kier molecular flexibility index (Phi) is 6.28. The van der Waals surface area contributed by atoms with Gasteiger partial charge in [0.05, 0.1) is 30.3 Å².